The molecule has 7 heteroatoms. The number of ether oxygens (including phenoxy) is 2. The third-order valence-corrected chi connectivity index (χ3v) is 4.10. The number of anilines is 1. The largest absolute Gasteiger partial charge is 0.454 e. The van der Waals surface area contributed by atoms with Gasteiger partial charge in [-0.1, -0.05) is 18.2 Å². The van der Waals surface area contributed by atoms with Crippen molar-refractivity contribution < 1.29 is 14.3 Å². The van der Waals surface area contributed by atoms with E-state index in [-0.39, 0.29) is 12.7 Å². The summed E-state index contributed by atoms with van der Waals surface area (Å²) in [6.07, 6.45) is 0.852. The number of benzene rings is 2. The Morgan fingerprint density at radius 1 is 1.04 bits per heavy atom. The van der Waals surface area contributed by atoms with Gasteiger partial charge < -0.3 is 25.4 Å². The first-order chi connectivity index (χ1) is 13.1. The van der Waals surface area contributed by atoms with Crippen LogP contribution in [0.1, 0.15) is 18.1 Å². The number of hydrogen-bond donors (Lipinski definition) is 3. The van der Waals surface area contributed by atoms with Gasteiger partial charge in [-0.2, -0.15) is 0 Å². The van der Waals surface area contributed by atoms with Crippen LogP contribution in [0.5, 0.6) is 11.5 Å². The predicted molar refractivity (Wildman–Crippen MR) is 105 cm³/mol. The molecule has 0 fully saturated rings. The van der Waals surface area contributed by atoms with Gasteiger partial charge in [0.1, 0.15) is 0 Å². The number of fused-ring (bicyclic) bond motifs is 1. The van der Waals surface area contributed by atoms with Gasteiger partial charge in [0, 0.05) is 32.7 Å². The van der Waals surface area contributed by atoms with Crippen molar-refractivity contribution in [1.82, 2.24) is 10.6 Å². The van der Waals surface area contributed by atoms with E-state index in [9.17, 15) is 4.79 Å². The molecule has 27 heavy (non-hydrogen) atoms. The Morgan fingerprint density at radius 2 is 1.78 bits per heavy atom. The van der Waals surface area contributed by atoms with Crippen LogP contribution in [0, 0.1) is 0 Å². The molecule has 1 heterocycles. The highest BCUT2D eigenvalue weighted by molar-refractivity contribution is 5.88. The van der Waals surface area contributed by atoms with Gasteiger partial charge in [0.25, 0.3) is 0 Å². The Morgan fingerprint density at radius 3 is 2.52 bits per heavy atom. The second-order valence-electron chi connectivity index (χ2n) is 6.17. The molecule has 0 aromatic heterocycles. The molecule has 142 valence electrons. The molecule has 1 amide bonds. The van der Waals surface area contributed by atoms with E-state index in [0.717, 1.165) is 41.7 Å². The van der Waals surface area contributed by atoms with Crippen LogP contribution in [0.4, 0.5) is 5.69 Å². The van der Waals surface area contributed by atoms with Gasteiger partial charge >= 0.3 is 0 Å². The lowest BCUT2D eigenvalue weighted by molar-refractivity contribution is -0.114. The molecular formula is C20H24N4O3. The summed E-state index contributed by atoms with van der Waals surface area (Å²) in [5.74, 6) is 2.23. The molecule has 2 aromatic rings. The third kappa shape index (κ3) is 5.37. The molecule has 0 aliphatic carbocycles. The van der Waals surface area contributed by atoms with Crippen molar-refractivity contribution in [3.05, 3.63) is 53.6 Å². The molecule has 0 saturated carbocycles. The Labute approximate surface area is 158 Å². The summed E-state index contributed by atoms with van der Waals surface area (Å²) in [6.45, 7) is 3.17. The van der Waals surface area contributed by atoms with E-state index in [4.69, 9.17) is 9.47 Å². The van der Waals surface area contributed by atoms with Crippen molar-refractivity contribution in [2.75, 3.05) is 25.7 Å². The smallest absolute Gasteiger partial charge is 0.231 e. The maximum Gasteiger partial charge on any atom is 0.231 e. The molecule has 2 aromatic carbocycles. The van der Waals surface area contributed by atoms with E-state index in [1.807, 2.05) is 42.5 Å². The highest BCUT2D eigenvalue weighted by Crippen LogP contribution is 2.32. The normalized spacial score (nSPS) is 12.6. The second-order valence-corrected chi connectivity index (χ2v) is 6.17. The van der Waals surface area contributed by atoms with Crippen LogP contribution in [-0.2, 0) is 17.8 Å². The number of aliphatic imine (C=N–C) groups is 1. The monoisotopic (exact) mass is 368 g/mol. The van der Waals surface area contributed by atoms with Gasteiger partial charge in [-0.3, -0.25) is 9.79 Å². The van der Waals surface area contributed by atoms with Gasteiger partial charge in [0.05, 0.1) is 0 Å². The maximum absolute atomic E-state index is 11.0. The molecule has 0 saturated heterocycles. The Balaban J connectivity index is 1.43. The number of guanidine groups is 1. The van der Waals surface area contributed by atoms with Crippen molar-refractivity contribution in [2.45, 2.75) is 19.9 Å². The first kappa shape index (κ1) is 18.6. The number of nitrogens with one attached hydrogen (secondary N) is 3. The molecule has 0 radical (unpaired) electrons. The van der Waals surface area contributed by atoms with Gasteiger partial charge in [-0.05, 0) is 41.8 Å². The SMILES string of the molecule is CN=C(NCCc1ccc(NC(C)=O)cc1)NCc1ccc2c(c1)OCO2. The van der Waals surface area contributed by atoms with E-state index in [2.05, 4.69) is 20.9 Å². The number of hydrogen-bond acceptors (Lipinski definition) is 4. The molecule has 0 atom stereocenters. The van der Waals surface area contributed by atoms with Crippen LogP contribution in [0.3, 0.4) is 0 Å². The van der Waals surface area contributed by atoms with E-state index < -0.39 is 0 Å². The summed E-state index contributed by atoms with van der Waals surface area (Å²) in [5, 5.41) is 9.35. The summed E-state index contributed by atoms with van der Waals surface area (Å²) in [4.78, 5) is 15.3. The highest BCUT2D eigenvalue weighted by Gasteiger charge is 2.13. The minimum atomic E-state index is -0.0678. The molecule has 0 spiro atoms. The molecule has 3 N–H and O–H groups in total. The lowest BCUT2D eigenvalue weighted by Crippen LogP contribution is -2.37. The zero-order chi connectivity index (χ0) is 19.1. The standard InChI is InChI=1S/C20H24N4O3/c1-14(25)24-17-6-3-15(4-7-17)9-10-22-20(21-2)23-12-16-5-8-18-19(11-16)27-13-26-18/h3-8,11H,9-10,12-13H2,1-2H3,(H,24,25)(H2,21,22,23). The Hall–Kier alpha value is -3.22. The fraction of sp³-hybridized carbons (Fsp3) is 0.300. The summed E-state index contributed by atoms with van der Waals surface area (Å²) in [6, 6.07) is 13.7. The molecule has 1 aliphatic rings. The average Bonchev–Trinajstić information content (AvgIpc) is 3.13. The van der Waals surface area contributed by atoms with Gasteiger partial charge in [-0.25, -0.2) is 0 Å². The fourth-order valence-electron chi connectivity index (χ4n) is 2.74. The van der Waals surface area contributed by atoms with E-state index in [1.165, 1.54) is 12.5 Å². The van der Waals surface area contributed by atoms with Crippen LogP contribution in [0.2, 0.25) is 0 Å². The summed E-state index contributed by atoms with van der Waals surface area (Å²) in [7, 11) is 1.75. The Bertz CT molecular complexity index is 818. The molecular weight excluding hydrogens is 344 g/mol. The first-order valence-corrected chi connectivity index (χ1v) is 8.83. The minimum Gasteiger partial charge on any atom is -0.454 e. The summed E-state index contributed by atoms with van der Waals surface area (Å²) in [5.41, 5.74) is 3.08. The molecule has 7 nitrogen and oxygen atoms in total. The topological polar surface area (TPSA) is 84.0 Å². The van der Waals surface area contributed by atoms with Crippen LogP contribution in [0.15, 0.2) is 47.5 Å². The van der Waals surface area contributed by atoms with E-state index >= 15 is 0 Å². The molecule has 1 aliphatic heterocycles. The van der Waals surface area contributed by atoms with Crippen molar-refractivity contribution in [3.8, 4) is 11.5 Å². The molecule has 3 rings (SSSR count). The lowest BCUT2D eigenvalue weighted by atomic mass is 10.1. The zero-order valence-electron chi connectivity index (χ0n) is 15.5. The molecule has 0 bridgehead atoms. The number of nitrogens with zero attached hydrogens (tertiary/aromatic N) is 1. The molecule has 0 unspecified atom stereocenters. The predicted octanol–water partition coefficient (Wildman–Crippen LogP) is 2.28. The average molecular weight is 368 g/mol. The Kier molecular flexibility index (Phi) is 6.14. The van der Waals surface area contributed by atoms with Crippen LogP contribution in [-0.4, -0.2) is 32.3 Å². The fourth-order valence-corrected chi connectivity index (χ4v) is 2.74. The number of carbonyl (C=O) groups excluding carboxylic acids is 1. The zero-order valence-corrected chi connectivity index (χ0v) is 15.5. The van der Waals surface area contributed by atoms with Gasteiger partial charge in [0.2, 0.25) is 12.7 Å². The minimum absolute atomic E-state index is 0.0678. The van der Waals surface area contributed by atoms with Crippen molar-refractivity contribution in [2.24, 2.45) is 4.99 Å². The number of amides is 1. The lowest BCUT2D eigenvalue weighted by Gasteiger charge is -2.12. The quantitative estimate of drug-likeness (QED) is 0.538. The van der Waals surface area contributed by atoms with E-state index in [1.54, 1.807) is 7.05 Å². The van der Waals surface area contributed by atoms with Gasteiger partial charge in [-0.15, -0.1) is 0 Å². The van der Waals surface area contributed by atoms with Crippen molar-refractivity contribution >= 4 is 17.6 Å². The van der Waals surface area contributed by atoms with Gasteiger partial charge in [0.15, 0.2) is 17.5 Å². The maximum atomic E-state index is 11.0. The van der Waals surface area contributed by atoms with E-state index in [0.29, 0.717) is 6.54 Å². The second kappa shape index (κ2) is 8.93. The third-order valence-electron chi connectivity index (χ3n) is 4.10. The van der Waals surface area contributed by atoms with Crippen LogP contribution in [0.25, 0.3) is 0 Å². The van der Waals surface area contributed by atoms with Crippen molar-refractivity contribution in [3.63, 3.8) is 0 Å². The summed E-state index contributed by atoms with van der Waals surface area (Å²) < 4.78 is 10.7. The number of carbonyl (C=O) groups is 1. The van der Waals surface area contributed by atoms with Crippen LogP contribution < -0.4 is 25.4 Å². The highest BCUT2D eigenvalue weighted by atomic mass is 16.7. The van der Waals surface area contributed by atoms with Crippen molar-refractivity contribution in [1.29, 1.82) is 0 Å². The summed E-state index contributed by atoms with van der Waals surface area (Å²) >= 11 is 0. The first-order valence-electron chi connectivity index (χ1n) is 8.83. The number of rotatable bonds is 6. The van der Waals surface area contributed by atoms with Crippen LogP contribution >= 0.6 is 0 Å².